The summed E-state index contributed by atoms with van der Waals surface area (Å²) in [5.74, 6) is -0.541. The summed E-state index contributed by atoms with van der Waals surface area (Å²) in [6.45, 7) is 17.1. The Morgan fingerprint density at radius 2 is 1.39 bits per heavy atom. The fraction of sp³-hybridized carbons (Fsp3) is 0.195. The molecule has 4 aromatic rings. The number of fused-ring (bicyclic) bond motifs is 3. The second-order valence-corrected chi connectivity index (χ2v) is 26.3. The molecular weight excluding hydrogens is 693 g/mol. The SMILES string of the molecule is C=Cc1ccc2c(c1)-c1cc(C=C)c[c]([Zr](=[CH2])([C]3=CC(C(C)(C)C)=CC3CC)([c]3cccc(F)c3)[c]3cccc(F)c3)c1C2.Cl.Cl. The van der Waals surface area contributed by atoms with Crippen LogP contribution in [0.4, 0.5) is 8.78 Å². The van der Waals surface area contributed by atoms with Gasteiger partial charge in [0.2, 0.25) is 0 Å². The van der Waals surface area contributed by atoms with Gasteiger partial charge in [-0.3, -0.25) is 0 Å². The second-order valence-electron chi connectivity index (χ2n) is 13.6. The van der Waals surface area contributed by atoms with E-state index in [1.807, 2.05) is 24.3 Å². The summed E-state index contributed by atoms with van der Waals surface area (Å²) in [5.41, 5.74) is 7.91. The molecule has 0 amide bonds. The molecule has 5 heteroatoms. The van der Waals surface area contributed by atoms with Crippen LogP contribution in [0, 0.1) is 23.0 Å². The summed E-state index contributed by atoms with van der Waals surface area (Å²) < 4.78 is 40.6. The zero-order valence-electron chi connectivity index (χ0n) is 27.0. The molecule has 0 bridgehead atoms. The van der Waals surface area contributed by atoms with Crippen molar-refractivity contribution in [3.63, 3.8) is 0 Å². The van der Waals surface area contributed by atoms with Crippen LogP contribution in [0.15, 0.2) is 113 Å². The van der Waals surface area contributed by atoms with Gasteiger partial charge < -0.3 is 0 Å². The van der Waals surface area contributed by atoms with Crippen LogP contribution < -0.4 is 9.81 Å². The topological polar surface area (TPSA) is 0 Å². The van der Waals surface area contributed by atoms with E-state index in [-0.39, 0.29) is 47.8 Å². The summed E-state index contributed by atoms with van der Waals surface area (Å²) in [4.78, 5) is 0. The first-order valence-electron chi connectivity index (χ1n) is 15.5. The molecule has 0 N–H and O–H groups in total. The number of allylic oxidation sites excluding steroid dienone is 4. The van der Waals surface area contributed by atoms with Gasteiger partial charge in [0.05, 0.1) is 0 Å². The van der Waals surface area contributed by atoms with Crippen LogP contribution in [0.1, 0.15) is 56.4 Å². The Kier molecular flexibility index (Phi) is 10.1. The quantitative estimate of drug-likeness (QED) is 0.156. The third-order valence-corrected chi connectivity index (χ3v) is 26.3. The number of hydrogen-bond acceptors (Lipinski definition) is 0. The number of halogens is 4. The minimum Gasteiger partial charge on any atom is -0.147 e. The molecule has 6 rings (SSSR count). The van der Waals surface area contributed by atoms with Crippen LogP contribution in [0.3, 0.4) is 0 Å². The van der Waals surface area contributed by atoms with E-state index < -0.39 is 18.3 Å². The zero-order valence-corrected chi connectivity index (χ0v) is 31.1. The molecule has 0 radical (unpaired) electrons. The Labute approximate surface area is 286 Å². The normalized spacial score (nSPS) is 15.5. The molecule has 0 nitrogen and oxygen atoms in total. The van der Waals surface area contributed by atoms with E-state index >= 15 is 8.78 Å². The fourth-order valence-electron chi connectivity index (χ4n) is 7.68. The van der Waals surface area contributed by atoms with Crippen LogP contribution in [0.5, 0.6) is 0 Å². The van der Waals surface area contributed by atoms with Gasteiger partial charge in [0.15, 0.2) is 0 Å². The van der Waals surface area contributed by atoms with Crippen molar-refractivity contribution in [2.45, 2.75) is 40.5 Å². The maximum absolute atomic E-state index is 15.5. The molecule has 4 aromatic carbocycles. The molecule has 0 fully saturated rings. The smallest absolute Gasteiger partial charge is 0.147 e. The van der Waals surface area contributed by atoms with E-state index in [1.165, 1.54) is 37.7 Å². The predicted octanol–water partition coefficient (Wildman–Crippen LogP) is 9.96. The molecule has 0 aromatic heterocycles. The van der Waals surface area contributed by atoms with Gasteiger partial charge in [-0.15, -0.1) is 24.8 Å². The van der Waals surface area contributed by atoms with E-state index in [0.29, 0.717) is 0 Å². The van der Waals surface area contributed by atoms with Crippen LogP contribution in [-0.2, 0) is 24.7 Å². The van der Waals surface area contributed by atoms with Gasteiger partial charge in [-0.1, -0.05) is 0 Å². The fourth-order valence-corrected chi connectivity index (χ4v) is 24.2. The van der Waals surface area contributed by atoms with Gasteiger partial charge in [0, 0.05) is 0 Å². The third kappa shape index (κ3) is 5.43. The molecule has 0 spiro atoms. The second kappa shape index (κ2) is 12.9. The molecular formula is C41H42Cl2F2Zr. The zero-order chi connectivity index (χ0) is 31.5. The minimum absolute atomic E-state index is 0. The molecule has 2 aliphatic rings. The largest absolute Gasteiger partial charge is 0.147 e. The summed E-state index contributed by atoms with van der Waals surface area (Å²) in [5, 5.41) is 0. The monoisotopic (exact) mass is 732 g/mol. The summed E-state index contributed by atoms with van der Waals surface area (Å²) in [7, 11) is 0. The first-order chi connectivity index (χ1) is 20.9. The molecule has 0 heterocycles. The van der Waals surface area contributed by atoms with Gasteiger partial charge in [0.25, 0.3) is 0 Å². The van der Waals surface area contributed by atoms with E-state index in [9.17, 15) is 0 Å². The van der Waals surface area contributed by atoms with Crippen molar-refractivity contribution in [1.82, 2.24) is 0 Å². The number of rotatable bonds is 7. The molecule has 1 atom stereocenters. The Bertz CT molecular complexity index is 1940. The van der Waals surface area contributed by atoms with Crippen molar-refractivity contribution in [2.24, 2.45) is 11.3 Å². The maximum atomic E-state index is 15.5. The van der Waals surface area contributed by atoms with Gasteiger partial charge >= 0.3 is 263 Å². The van der Waals surface area contributed by atoms with Crippen molar-refractivity contribution < 1.29 is 27.1 Å². The van der Waals surface area contributed by atoms with Gasteiger partial charge in [-0.25, -0.2) is 0 Å². The maximum Gasteiger partial charge on any atom is -0.147 e. The van der Waals surface area contributed by atoms with Crippen LogP contribution >= 0.6 is 24.8 Å². The summed E-state index contributed by atoms with van der Waals surface area (Å²) in [6, 6.07) is 24.9. The predicted molar refractivity (Wildman–Crippen MR) is 198 cm³/mol. The molecule has 238 valence electrons. The van der Waals surface area contributed by atoms with E-state index in [2.05, 4.69) is 83.3 Å². The van der Waals surface area contributed by atoms with Crippen molar-refractivity contribution in [2.75, 3.05) is 0 Å². The van der Waals surface area contributed by atoms with Crippen molar-refractivity contribution in [3.05, 3.63) is 147 Å². The average Bonchev–Trinajstić information content (AvgIpc) is 3.62. The standard InChI is InChI=1S/C17H13.C11H17.2C6H4F.CH2.2ClH.Zr/c1-3-12-5-7-14-11-15-8-6-13(4-2)10-17(15)16(14)9-12;1-5-9-6-7-10(8-9)11(2,3)4;2*7-6-4-2-1-3-5-6;;;;/h3-7,9-10H,1-2,11H2;7-9H,5H2,1-4H3;2*1-2,4-5H;1H2;2*1H;. The first kappa shape index (κ1) is 35.9. The molecule has 1 unspecified atom stereocenters. The Hall–Kier alpha value is -2.97. The molecule has 2 aliphatic carbocycles. The molecule has 46 heavy (non-hydrogen) atoms. The first-order valence-corrected chi connectivity index (χ1v) is 22.1. The summed E-state index contributed by atoms with van der Waals surface area (Å²) >= 11 is -5.45. The van der Waals surface area contributed by atoms with Crippen LogP contribution in [0.2, 0.25) is 0 Å². The Morgan fingerprint density at radius 3 is 1.91 bits per heavy atom. The Balaban J connectivity index is 0.00000240. The number of hydrogen-bond donors (Lipinski definition) is 0. The van der Waals surface area contributed by atoms with Crippen molar-refractivity contribution in [1.29, 1.82) is 0 Å². The van der Waals surface area contributed by atoms with Gasteiger partial charge in [0.1, 0.15) is 0 Å². The third-order valence-electron chi connectivity index (χ3n) is 10.1. The number of benzene rings is 4. The Morgan fingerprint density at radius 1 is 0.804 bits per heavy atom. The molecule has 0 saturated heterocycles. The van der Waals surface area contributed by atoms with Crippen LogP contribution in [0.25, 0.3) is 23.3 Å². The average molecular weight is 735 g/mol. The minimum atomic E-state index is -5.45. The van der Waals surface area contributed by atoms with Crippen molar-refractivity contribution >= 4 is 51.0 Å². The van der Waals surface area contributed by atoms with Crippen LogP contribution in [-0.4, -0.2) is 4.21 Å². The molecule has 0 aliphatic heterocycles. The molecule has 0 saturated carbocycles. The van der Waals surface area contributed by atoms with E-state index in [1.54, 1.807) is 24.3 Å². The van der Waals surface area contributed by atoms with Gasteiger partial charge in [-0.2, -0.15) is 0 Å². The van der Waals surface area contributed by atoms with Crippen molar-refractivity contribution in [3.8, 4) is 11.1 Å². The van der Waals surface area contributed by atoms with E-state index in [0.717, 1.165) is 39.3 Å². The van der Waals surface area contributed by atoms with E-state index in [4.69, 9.17) is 4.21 Å². The summed E-state index contributed by atoms with van der Waals surface area (Å²) in [6.07, 6.45) is 10.1. The van der Waals surface area contributed by atoms with Gasteiger partial charge in [-0.05, 0) is 0 Å².